The number of benzene rings is 1. The Labute approximate surface area is 108 Å². The number of rotatable bonds is 2. The molecule has 2 rings (SSSR count). The fourth-order valence-electron chi connectivity index (χ4n) is 1.37. The maximum absolute atomic E-state index is 4.61. The topological polar surface area (TPSA) is 24.4 Å². The monoisotopic (exact) mass is 332 g/mol. The summed E-state index contributed by atoms with van der Waals surface area (Å²) in [7, 11) is 0. The van der Waals surface area contributed by atoms with Crippen LogP contribution in [0.3, 0.4) is 0 Å². The first-order chi connectivity index (χ1) is 7.29. The Morgan fingerprint density at radius 2 is 2.33 bits per heavy atom. The van der Waals surface area contributed by atoms with Crippen LogP contribution in [0.25, 0.3) is 0 Å². The van der Waals surface area contributed by atoms with Crippen molar-refractivity contribution in [2.24, 2.45) is 4.99 Å². The van der Waals surface area contributed by atoms with Crippen LogP contribution >= 0.6 is 34.4 Å². The molecule has 0 spiro atoms. The Balaban J connectivity index is 2.07. The number of amidine groups is 1. The summed E-state index contributed by atoms with van der Waals surface area (Å²) in [6.45, 7) is 2.18. The van der Waals surface area contributed by atoms with Crippen LogP contribution in [0.15, 0.2) is 29.3 Å². The van der Waals surface area contributed by atoms with Crippen molar-refractivity contribution in [2.75, 3.05) is 11.1 Å². The number of hydrogen-bond acceptors (Lipinski definition) is 3. The Kier molecular flexibility index (Phi) is 3.91. The van der Waals surface area contributed by atoms with E-state index in [1.165, 1.54) is 3.57 Å². The average molecular weight is 332 g/mol. The summed E-state index contributed by atoms with van der Waals surface area (Å²) in [4.78, 5) is 4.61. The molecule has 0 fully saturated rings. The van der Waals surface area contributed by atoms with Crippen molar-refractivity contribution < 1.29 is 0 Å². The number of aliphatic imine (C=N–C) groups is 1. The normalized spacial score (nSPS) is 20.1. The smallest absolute Gasteiger partial charge is 0.161 e. The van der Waals surface area contributed by atoms with E-state index in [0.29, 0.717) is 6.04 Å². The van der Waals surface area contributed by atoms with Gasteiger partial charge in [0.2, 0.25) is 0 Å². The molecule has 0 aromatic heterocycles. The molecule has 80 valence electrons. The zero-order valence-corrected chi connectivity index (χ0v) is 11.5. The summed E-state index contributed by atoms with van der Waals surface area (Å²) in [6.07, 6.45) is 1.13. The third-order valence-electron chi connectivity index (χ3n) is 2.30. The lowest BCUT2D eigenvalue weighted by Gasteiger charge is -2.06. The zero-order chi connectivity index (χ0) is 10.7. The molecule has 1 aromatic carbocycles. The number of thioether (sulfide) groups is 1. The molecule has 15 heavy (non-hydrogen) atoms. The van der Waals surface area contributed by atoms with E-state index in [1.807, 2.05) is 23.9 Å². The minimum atomic E-state index is 0.499. The van der Waals surface area contributed by atoms with Crippen molar-refractivity contribution in [3.8, 4) is 0 Å². The van der Waals surface area contributed by atoms with E-state index in [9.17, 15) is 0 Å². The van der Waals surface area contributed by atoms with Gasteiger partial charge in [-0.25, -0.2) is 0 Å². The SMILES string of the molecule is CCC1CSC(Nc2ccccc2I)=N1. The Bertz CT molecular complexity index is 379. The minimum absolute atomic E-state index is 0.499. The van der Waals surface area contributed by atoms with Crippen molar-refractivity contribution in [1.82, 2.24) is 0 Å². The number of para-hydroxylation sites is 1. The van der Waals surface area contributed by atoms with Crippen molar-refractivity contribution in [3.63, 3.8) is 0 Å². The van der Waals surface area contributed by atoms with Gasteiger partial charge in [-0.1, -0.05) is 30.8 Å². The number of hydrogen-bond donors (Lipinski definition) is 1. The van der Waals surface area contributed by atoms with Gasteiger partial charge < -0.3 is 5.32 Å². The van der Waals surface area contributed by atoms with Gasteiger partial charge in [-0.2, -0.15) is 0 Å². The fourth-order valence-corrected chi connectivity index (χ4v) is 2.96. The highest BCUT2D eigenvalue weighted by Gasteiger charge is 2.16. The molecule has 0 saturated heterocycles. The molecule has 2 nitrogen and oxygen atoms in total. The molecule has 0 amide bonds. The third kappa shape index (κ3) is 2.87. The second-order valence-electron chi connectivity index (χ2n) is 3.41. The first-order valence-electron chi connectivity index (χ1n) is 5.01. The highest BCUT2D eigenvalue weighted by Crippen LogP contribution is 2.24. The lowest BCUT2D eigenvalue weighted by Crippen LogP contribution is -2.06. The van der Waals surface area contributed by atoms with Crippen LogP contribution in [0, 0.1) is 3.57 Å². The van der Waals surface area contributed by atoms with E-state index in [0.717, 1.165) is 23.0 Å². The van der Waals surface area contributed by atoms with Crippen LogP contribution in [-0.4, -0.2) is 17.0 Å². The summed E-state index contributed by atoms with van der Waals surface area (Å²) in [5.41, 5.74) is 1.15. The van der Waals surface area contributed by atoms with E-state index in [4.69, 9.17) is 0 Å². The molecule has 1 N–H and O–H groups in total. The van der Waals surface area contributed by atoms with Gasteiger partial charge in [-0.15, -0.1) is 0 Å². The highest BCUT2D eigenvalue weighted by molar-refractivity contribution is 14.1. The highest BCUT2D eigenvalue weighted by atomic mass is 127. The maximum atomic E-state index is 4.61. The van der Waals surface area contributed by atoms with E-state index < -0.39 is 0 Å². The van der Waals surface area contributed by atoms with Gasteiger partial charge in [0.15, 0.2) is 5.17 Å². The fraction of sp³-hybridized carbons (Fsp3) is 0.364. The van der Waals surface area contributed by atoms with Gasteiger partial charge in [0.05, 0.1) is 11.7 Å². The Morgan fingerprint density at radius 1 is 1.53 bits per heavy atom. The molecule has 1 aliphatic heterocycles. The number of halogens is 1. The van der Waals surface area contributed by atoms with E-state index in [-0.39, 0.29) is 0 Å². The first kappa shape index (κ1) is 11.3. The molecule has 0 radical (unpaired) electrons. The van der Waals surface area contributed by atoms with Crippen molar-refractivity contribution in [3.05, 3.63) is 27.8 Å². The predicted octanol–water partition coefficient (Wildman–Crippen LogP) is 3.58. The maximum Gasteiger partial charge on any atom is 0.161 e. The van der Waals surface area contributed by atoms with Gasteiger partial charge in [-0.05, 0) is 41.1 Å². The van der Waals surface area contributed by atoms with Gasteiger partial charge in [-0.3, -0.25) is 4.99 Å². The van der Waals surface area contributed by atoms with Crippen LogP contribution in [0.5, 0.6) is 0 Å². The summed E-state index contributed by atoms with van der Waals surface area (Å²) >= 11 is 4.15. The van der Waals surface area contributed by atoms with Gasteiger partial charge in [0.25, 0.3) is 0 Å². The summed E-state index contributed by atoms with van der Waals surface area (Å²) in [5.74, 6) is 1.11. The average Bonchev–Trinajstić information content (AvgIpc) is 2.69. The third-order valence-corrected chi connectivity index (χ3v) is 4.27. The summed E-state index contributed by atoms with van der Waals surface area (Å²) in [5, 5.41) is 4.44. The molecule has 0 bridgehead atoms. The first-order valence-corrected chi connectivity index (χ1v) is 7.08. The molecule has 1 unspecified atom stereocenters. The van der Waals surface area contributed by atoms with Gasteiger partial charge in [0, 0.05) is 9.32 Å². The Morgan fingerprint density at radius 3 is 3.00 bits per heavy atom. The molecule has 0 saturated carbocycles. The van der Waals surface area contributed by atoms with Gasteiger partial charge in [0.1, 0.15) is 0 Å². The van der Waals surface area contributed by atoms with Gasteiger partial charge >= 0.3 is 0 Å². The molecule has 1 atom stereocenters. The zero-order valence-electron chi connectivity index (χ0n) is 8.53. The predicted molar refractivity (Wildman–Crippen MR) is 76.8 cm³/mol. The molecular formula is C11H13IN2S. The van der Waals surface area contributed by atoms with Crippen molar-refractivity contribution in [1.29, 1.82) is 0 Å². The minimum Gasteiger partial charge on any atom is -0.334 e. The lowest BCUT2D eigenvalue weighted by molar-refractivity contribution is 0.738. The van der Waals surface area contributed by atoms with E-state index in [2.05, 4.69) is 52.0 Å². The molecule has 4 heteroatoms. The molecular weight excluding hydrogens is 319 g/mol. The number of nitrogens with one attached hydrogen (secondary N) is 1. The van der Waals surface area contributed by atoms with Crippen molar-refractivity contribution in [2.45, 2.75) is 19.4 Å². The van der Waals surface area contributed by atoms with E-state index in [1.54, 1.807) is 0 Å². The van der Waals surface area contributed by atoms with Crippen LogP contribution in [0.1, 0.15) is 13.3 Å². The number of anilines is 1. The number of nitrogens with zero attached hydrogens (tertiary/aromatic N) is 1. The van der Waals surface area contributed by atoms with Crippen molar-refractivity contribution >= 4 is 45.2 Å². The standard InChI is InChI=1S/C11H13IN2S/c1-2-8-7-15-11(13-8)14-10-6-4-3-5-9(10)12/h3-6,8H,2,7H2,1H3,(H,13,14). The van der Waals surface area contributed by atoms with Crippen LogP contribution in [-0.2, 0) is 0 Å². The van der Waals surface area contributed by atoms with Crippen LogP contribution < -0.4 is 5.32 Å². The second-order valence-corrected chi connectivity index (χ2v) is 5.58. The lowest BCUT2D eigenvalue weighted by atomic mass is 10.3. The van der Waals surface area contributed by atoms with Crippen LogP contribution in [0.4, 0.5) is 5.69 Å². The molecule has 0 aliphatic carbocycles. The quantitative estimate of drug-likeness (QED) is 0.837. The summed E-state index contributed by atoms with van der Waals surface area (Å²) < 4.78 is 1.23. The van der Waals surface area contributed by atoms with Crippen LogP contribution in [0.2, 0.25) is 0 Å². The molecule has 1 aromatic rings. The second kappa shape index (κ2) is 5.21. The Hall–Kier alpha value is -0.230. The molecule has 1 heterocycles. The summed E-state index contributed by atoms with van der Waals surface area (Å²) in [6, 6.07) is 8.77. The van der Waals surface area contributed by atoms with E-state index >= 15 is 0 Å². The molecule has 1 aliphatic rings. The largest absolute Gasteiger partial charge is 0.334 e.